The number of benzene rings is 1. The third-order valence-electron chi connectivity index (χ3n) is 2.97. The average Bonchev–Trinajstić information content (AvgIpc) is 2.92. The van der Waals surface area contributed by atoms with Gasteiger partial charge in [-0.15, -0.1) is 11.8 Å². The first-order valence-electron chi connectivity index (χ1n) is 6.16. The number of ether oxygens (including phenoxy) is 1. The van der Waals surface area contributed by atoms with Crippen molar-refractivity contribution in [2.24, 2.45) is 0 Å². The van der Waals surface area contributed by atoms with Gasteiger partial charge in [0.1, 0.15) is 0 Å². The molecule has 0 bridgehead atoms. The Labute approximate surface area is 117 Å². The van der Waals surface area contributed by atoms with Gasteiger partial charge in [0, 0.05) is 22.8 Å². The first kappa shape index (κ1) is 14.0. The minimum Gasteiger partial charge on any atom is -0.377 e. The van der Waals surface area contributed by atoms with Crippen LogP contribution in [0.2, 0.25) is 0 Å². The van der Waals surface area contributed by atoms with Gasteiger partial charge in [0.2, 0.25) is 0 Å². The topological polar surface area (TPSA) is 26.3 Å². The predicted octanol–water partition coefficient (Wildman–Crippen LogP) is 3.50. The van der Waals surface area contributed by atoms with Crippen molar-refractivity contribution in [3.63, 3.8) is 0 Å². The van der Waals surface area contributed by atoms with Gasteiger partial charge in [-0.25, -0.2) is 0 Å². The van der Waals surface area contributed by atoms with Crippen LogP contribution in [0.5, 0.6) is 0 Å². The molecule has 0 aliphatic carbocycles. The monoisotopic (exact) mass is 282 g/mol. The molecule has 2 nitrogen and oxygen atoms in total. The summed E-state index contributed by atoms with van der Waals surface area (Å²) in [6, 6.07) is 7.84. The maximum absolute atomic E-state index is 11.9. The number of ketones is 1. The van der Waals surface area contributed by atoms with Gasteiger partial charge < -0.3 is 4.74 Å². The number of rotatable bonds is 6. The number of thioether (sulfide) groups is 2. The molecule has 0 spiro atoms. The summed E-state index contributed by atoms with van der Waals surface area (Å²) in [6.45, 7) is 0.884. The molecule has 1 aromatic rings. The summed E-state index contributed by atoms with van der Waals surface area (Å²) in [4.78, 5) is 13.1. The molecule has 1 heterocycles. The Balaban J connectivity index is 1.76. The van der Waals surface area contributed by atoms with E-state index in [2.05, 4.69) is 0 Å². The third-order valence-corrected chi connectivity index (χ3v) is 4.79. The van der Waals surface area contributed by atoms with Crippen molar-refractivity contribution >= 4 is 29.3 Å². The van der Waals surface area contributed by atoms with Crippen LogP contribution < -0.4 is 0 Å². The first-order chi connectivity index (χ1) is 8.79. The second-order valence-electron chi connectivity index (χ2n) is 4.30. The van der Waals surface area contributed by atoms with Gasteiger partial charge >= 0.3 is 0 Å². The highest BCUT2D eigenvalue weighted by Gasteiger charge is 2.16. The smallest absolute Gasteiger partial charge is 0.172 e. The van der Waals surface area contributed by atoms with Crippen LogP contribution in [0.25, 0.3) is 0 Å². The average molecular weight is 282 g/mol. The zero-order valence-corrected chi connectivity index (χ0v) is 12.2. The lowest BCUT2D eigenvalue weighted by Gasteiger charge is -2.08. The molecule has 0 N–H and O–H groups in total. The summed E-state index contributed by atoms with van der Waals surface area (Å²) < 4.78 is 5.54. The van der Waals surface area contributed by atoms with Gasteiger partial charge in [0.15, 0.2) is 5.78 Å². The van der Waals surface area contributed by atoms with E-state index in [0.29, 0.717) is 11.9 Å². The highest BCUT2D eigenvalue weighted by atomic mass is 32.2. The SMILES string of the molecule is CSc1ccc(C(=O)CSCC2CCCO2)cc1. The van der Waals surface area contributed by atoms with Gasteiger partial charge in [-0.1, -0.05) is 12.1 Å². The molecule has 2 rings (SSSR count). The van der Waals surface area contributed by atoms with Crippen LogP contribution >= 0.6 is 23.5 Å². The fourth-order valence-corrected chi connectivity index (χ4v) is 3.32. The van der Waals surface area contributed by atoms with E-state index in [1.54, 1.807) is 23.5 Å². The molecule has 0 radical (unpaired) electrons. The Morgan fingerprint density at radius 3 is 2.78 bits per heavy atom. The molecule has 4 heteroatoms. The third kappa shape index (κ3) is 4.04. The van der Waals surface area contributed by atoms with Gasteiger partial charge in [-0.2, -0.15) is 11.8 Å². The minimum absolute atomic E-state index is 0.214. The molecule has 1 aromatic carbocycles. The molecule has 98 valence electrons. The van der Waals surface area contributed by atoms with Crippen LogP contribution in [-0.2, 0) is 4.74 Å². The van der Waals surface area contributed by atoms with Gasteiger partial charge in [0.25, 0.3) is 0 Å². The van der Waals surface area contributed by atoms with E-state index in [1.807, 2.05) is 30.5 Å². The quantitative estimate of drug-likeness (QED) is 0.589. The van der Waals surface area contributed by atoms with E-state index in [9.17, 15) is 4.79 Å². The summed E-state index contributed by atoms with van der Waals surface area (Å²) in [5.41, 5.74) is 0.813. The number of carbonyl (C=O) groups excluding carboxylic acids is 1. The van der Waals surface area contributed by atoms with Crippen molar-refractivity contribution in [1.82, 2.24) is 0 Å². The van der Waals surface area contributed by atoms with Crippen molar-refractivity contribution in [2.75, 3.05) is 24.4 Å². The molecule has 1 fully saturated rings. The van der Waals surface area contributed by atoms with Crippen LogP contribution in [0.1, 0.15) is 23.2 Å². The number of Topliss-reactive ketones (excluding diaryl/α,β-unsaturated/α-hetero) is 1. The minimum atomic E-state index is 0.214. The second kappa shape index (κ2) is 7.22. The molecule has 1 aliphatic rings. The van der Waals surface area contributed by atoms with Crippen LogP contribution in [0.15, 0.2) is 29.2 Å². The Kier molecular flexibility index (Phi) is 5.60. The van der Waals surface area contributed by atoms with Crippen LogP contribution in [0.3, 0.4) is 0 Å². The molecule has 1 saturated heterocycles. The lowest BCUT2D eigenvalue weighted by atomic mass is 10.1. The molecule has 1 atom stereocenters. The van der Waals surface area contributed by atoms with Crippen molar-refractivity contribution in [3.05, 3.63) is 29.8 Å². The molecule has 0 amide bonds. The van der Waals surface area contributed by atoms with E-state index < -0.39 is 0 Å². The number of hydrogen-bond donors (Lipinski definition) is 0. The molecular formula is C14H18O2S2. The summed E-state index contributed by atoms with van der Waals surface area (Å²) >= 11 is 3.37. The van der Waals surface area contributed by atoms with Crippen LogP contribution in [-0.4, -0.2) is 36.3 Å². The van der Waals surface area contributed by atoms with Crippen molar-refractivity contribution in [3.8, 4) is 0 Å². The van der Waals surface area contributed by atoms with Crippen LogP contribution in [0, 0.1) is 0 Å². The van der Waals surface area contributed by atoms with E-state index in [1.165, 1.54) is 4.90 Å². The molecule has 0 aromatic heterocycles. The Bertz CT molecular complexity index is 383. The number of hydrogen-bond acceptors (Lipinski definition) is 4. The Hall–Kier alpha value is -0.450. The van der Waals surface area contributed by atoms with Crippen molar-refractivity contribution in [2.45, 2.75) is 23.8 Å². The summed E-state index contributed by atoms with van der Waals surface area (Å²) in [5.74, 6) is 1.71. The van der Waals surface area contributed by atoms with E-state index in [-0.39, 0.29) is 5.78 Å². The summed E-state index contributed by atoms with van der Waals surface area (Å²) in [5, 5.41) is 0. The van der Waals surface area contributed by atoms with E-state index in [4.69, 9.17) is 4.74 Å². The normalized spacial score (nSPS) is 19.1. The molecule has 0 saturated carbocycles. The maximum atomic E-state index is 11.9. The van der Waals surface area contributed by atoms with Crippen LogP contribution in [0.4, 0.5) is 0 Å². The lowest BCUT2D eigenvalue weighted by Crippen LogP contribution is -2.11. The van der Waals surface area contributed by atoms with Gasteiger partial charge in [-0.3, -0.25) is 4.79 Å². The number of carbonyl (C=O) groups is 1. The lowest BCUT2D eigenvalue weighted by molar-refractivity contribution is 0.102. The molecular weight excluding hydrogens is 264 g/mol. The Morgan fingerprint density at radius 2 is 2.17 bits per heavy atom. The molecule has 18 heavy (non-hydrogen) atoms. The largest absolute Gasteiger partial charge is 0.377 e. The summed E-state index contributed by atoms with van der Waals surface area (Å²) in [7, 11) is 0. The van der Waals surface area contributed by atoms with Crippen molar-refractivity contribution < 1.29 is 9.53 Å². The fraction of sp³-hybridized carbons (Fsp3) is 0.500. The Morgan fingerprint density at radius 1 is 1.39 bits per heavy atom. The van der Waals surface area contributed by atoms with Crippen molar-refractivity contribution in [1.29, 1.82) is 0 Å². The van der Waals surface area contributed by atoms with E-state index in [0.717, 1.165) is 30.8 Å². The predicted molar refractivity (Wildman–Crippen MR) is 78.9 cm³/mol. The maximum Gasteiger partial charge on any atom is 0.172 e. The zero-order chi connectivity index (χ0) is 12.8. The first-order valence-corrected chi connectivity index (χ1v) is 8.54. The van der Waals surface area contributed by atoms with Gasteiger partial charge in [-0.05, 0) is 31.2 Å². The zero-order valence-electron chi connectivity index (χ0n) is 10.6. The second-order valence-corrected chi connectivity index (χ2v) is 6.21. The van der Waals surface area contributed by atoms with Gasteiger partial charge in [0.05, 0.1) is 11.9 Å². The molecule has 1 aliphatic heterocycles. The highest BCUT2D eigenvalue weighted by Crippen LogP contribution is 2.19. The van der Waals surface area contributed by atoms with E-state index >= 15 is 0 Å². The molecule has 1 unspecified atom stereocenters. The highest BCUT2D eigenvalue weighted by molar-refractivity contribution is 8.00. The fourth-order valence-electron chi connectivity index (χ4n) is 1.92. The summed E-state index contributed by atoms with van der Waals surface area (Å²) in [6.07, 6.45) is 4.70. The standard InChI is InChI=1S/C14H18O2S2/c1-17-13-6-4-11(5-7-13)14(15)10-18-9-12-3-2-8-16-12/h4-7,12H,2-3,8-10H2,1H3.